The normalized spacial score (nSPS) is 15.0. The summed E-state index contributed by atoms with van der Waals surface area (Å²) in [7, 11) is 0. The van der Waals surface area contributed by atoms with E-state index < -0.39 is 12.1 Å². The Labute approximate surface area is 189 Å². The summed E-state index contributed by atoms with van der Waals surface area (Å²) in [6, 6.07) is 18.6. The van der Waals surface area contributed by atoms with Gasteiger partial charge in [-0.2, -0.15) is 18.4 Å². The third-order valence-electron chi connectivity index (χ3n) is 5.34. The van der Waals surface area contributed by atoms with E-state index in [1.54, 1.807) is 0 Å². The number of piperazine rings is 1. The topological polar surface area (TPSA) is 80.7 Å². The molecular weight excluding hydrogens is 435 g/mol. The SMILES string of the molecule is Cc1cc2cccc(CN3CCN(Cc4ccc(C#N)cc4)CC3)c2o1.O=C(O)C(F)(F)F. The monoisotopic (exact) mass is 459 g/mol. The molecular formula is C24H24F3N3O3. The average Bonchev–Trinajstić information content (AvgIpc) is 3.17. The molecule has 1 aliphatic heterocycles. The van der Waals surface area contributed by atoms with Crippen molar-refractivity contribution in [3.05, 3.63) is 71.0 Å². The summed E-state index contributed by atoms with van der Waals surface area (Å²) < 4.78 is 37.6. The highest BCUT2D eigenvalue weighted by atomic mass is 19.4. The van der Waals surface area contributed by atoms with Gasteiger partial charge in [0.2, 0.25) is 0 Å². The number of rotatable bonds is 4. The molecule has 6 nitrogen and oxygen atoms in total. The molecule has 0 amide bonds. The molecule has 0 atom stereocenters. The number of aryl methyl sites for hydroxylation is 1. The summed E-state index contributed by atoms with van der Waals surface area (Å²) in [4.78, 5) is 13.9. The Morgan fingerprint density at radius 3 is 2.18 bits per heavy atom. The third kappa shape index (κ3) is 6.81. The molecule has 1 saturated heterocycles. The minimum absolute atomic E-state index is 0.723. The quantitative estimate of drug-likeness (QED) is 0.616. The number of alkyl halides is 3. The molecule has 174 valence electrons. The Hall–Kier alpha value is -3.35. The molecule has 2 heterocycles. The van der Waals surface area contributed by atoms with Gasteiger partial charge in [-0.25, -0.2) is 4.79 Å². The molecule has 33 heavy (non-hydrogen) atoms. The van der Waals surface area contributed by atoms with E-state index in [9.17, 15) is 13.2 Å². The number of carboxylic acids is 1. The highest BCUT2D eigenvalue weighted by molar-refractivity contribution is 5.81. The van der Waals surface area contributed by atoms with E-state index in [0.717, 1.165) is 56.2 Å². The molecule has 0 spiro atoms. The van der Waals surface area contributed by atoms with Gasteiger partial charge in [0.25, 0.3) is 0 Å². The zero-order chi connectivity index (χ0) is 24.0. The number of hydrogen-bond donors (Lipinski definition) is 1. The lowest BCUT2D eigenvalue weighted by Crippen LogP contribution is -2.45. The van der Waals surface area contributed by atoms with Crippen molar-refractivity contribution in [3.8, 4) is 6.07 Å². The Morgan fingerprint density at radius 2 is 1.64 bits per heavy atom. The Bertz CT molecular complexity index is 1130. The number of hydrogen-bond acceptors (Lipinski definition) is 5. The number of furan rings is 1. The molecule has 1 fully saturated rings. The second-order valence-electron chi connectivity index (χ2n) is 7.86. The van der Waals surface area contributed by atoms with Gasteiger partial charge in [-0.05, 0) is 30.7 Å². The molecule has 0 bridgehead atoms. The van der Waals surface area contributed by atoms with E-state index in [0.29, 0.717) is 0 Å². The molecule has 0 aliphatic carbocycles. The number of halogens is 3. The van der Waals surface area contributed by atoms with E-state index in [1.807, 2.05) is 19.1 Å². The van der Waals surface area contributed by atoms with Crippen molar-refractivity contribution < 1.29 is 27.5 Å². The van der Waals surface area contributed by atoms with E-state index >= 15 is 0 Å². The van der Waals surface area contributed by atoms with Crippen LogP contribution in [0.4, 0.5) is 13.2 Å². The van der Waals surface area contributed by atoms with Crippen molar-refractivity contribution in [2.45, 2.75) is 26.2 Å². The zero-order valence-corrected chi connectivity index (χ0v) is 18.1. The maximum absolute atomic E-state index is 10.6. The van der Waals surface area contributed by atoms with Crippen molar-refractivity contribution in [1.82, 2.24) is 9.80 Å². The smallest absolute Gasteiger partial charge is 0.475 e. The Kier molecular flexibility index (Phi) is 7.74. The summed E-state index contributed by atoms with van der Waals surface area (Å²) in [5.74, 6) is -1.79. The predicted octanol–water partition coefficient (Wildman–Crippen LogP) is 4.56. The van der Waals surface area contributed by atoms with Crippen LogP contribution in [-0.4, -0.2) is 53.2 Å². The van der Waals surface area contributed by atoms with Crippen LogP contribution in [0, 0.1) is 18.3 Å². The predicted molar refractivity (Wildman–Crippen MR) is 116 cm³/mol. The molecule has 1 aliphatic rings. The number of fused-ring (bicyclic) bond motifs is 1. The fourth-order valence-corrected chi connectivity index (χ4v) is 3.67. The van der Waals surface area contributed by atoms with E-state index in [-0.39, 0.29) is 0 Å². The van der Waals surface area contributed by atoms with Crippen LogP contribution >= 0.6 is 0 Å². The zero-order valence-electron chi connectivity index (χ0n) is 18.1. The molecule has 0 saturated carbocycles. The number of carbonyl (C=O) groups is 1. The largest absolute Gasteiger partial charge is 0.490 e. The number of nitrogens with zero attached hydrogens (tertiary/aromatic N) is 3. The van der Waals surface area contributed by atoms with E-state index in [2.05, 4.69) is 52.3 Å². The molecule has 0 radical (unpaired) electrons. The lowest BCUT2D eigenvalue weighted by atomic mass is 10.1. The Balaban J connectivity index is 0.000000383. The van der Waals surface area contributed by atoms with Crippen LogP contribution in [0.1, 0.15) is 22.5 Å². The molecule has 3 aromatic rings. The van der Waals surface area contributed by atoms with Gasteiger partial charge < -0.3 is 9.52 Å². The van der Waals surface area contributed by atoms with Crippen LogP contribution in [0.5, 0.6) is 0 Å². The molecule has 0 unspecified atom stereocenters. The van der Waals surface area contributed by atoms with Crippen molar-refractivity contribution in [2.75, 3.05) is 26.2 Å². The van der Waals surface area contributed by atoms with Crippen molar-refractivity contribution >= 4 is 16.9 Å². The summed E-state index contributed by atoms with van der Waals surface area (Å²) in [6.07, 6.45) is -5.08. The van der Waals surface area contributed by atoms with Crippen molar-refractivity contribution in [2.24, 2.45) is 0 Å². The number of aliphatic carboxylic acids is 1. The van der Waals surface area contributed by atoms with Gasteiger partial charge in [0, 0.05) is 50.2 Å². The highest BCUT2D eigenvalue weighted by Gasteiger charge is 2.38. The van der Waals surface area contributed by atoms with Gasteiger partial charge in [0.15, 0.2) is 0 Å². The second kappa shape index (κ2) is 10.5. The van der Waals surface area contributed by atoms with Crippen LogP contribution in [0.2, 0.25) is 0 Å². The van der Waals surface area contributed by atoms with Gasteiger partial charge in [-0.3, -0.25) is 9.80 Å². The number of benzene rings is 2. The lowest BCUT2D eigenvalue weighted by Gasteiger charge is -2.34. The number of carboxylic acid groups (broad SMARTS) is 1. The van der Waals surface area contributed by atoms with Crippen LogP contribution < -0.4 is 0 Å². The molecule has 1 N–H and O–H groups in total. The van der Waals surface area contributed by atoms with E-state index in [4.69, 9.17) is 19.6 Å². The van der Waals surface area contributed by atoms with Gasteiger partial charge in [0.1, 0.15) is 11.3 Å². The summed E-state index contributed by atoms with van der Waals surface area (Å²) in [5.41, 5.74) is 4.30. The fraction of sp³-hybridized carbons (Fsp3) is 0.333. The van der Waals surface area contributed by atoms with Gasteiger partial charge >= 0.3 is 12.1 Å². The van der Waals surface area contributed by atoms with Gasteiger partial charge in [-0.15, -0.1) is 0 Å². The van der Waals surface area contributed by atoms with Crippen LogP contribution in [0.15, 0.2) is 52.9 Å². The molecule has 4 rings (SSSR count). The maximum atomic E-state index is 10.6. The van der Waals surface area contributed by atoms with Gasteiger partial charge in [-0.1, -0.05) is 30.3 Å². The third-order valence-corrected chi connectivity index (χ3v) is 5.34. The average molecular weight is 459 g/mol. The van der Waals surface area contributed by atoms with Crippen molar-refractivity contribution in [3.63, 3.8) is 0 Å². The standard InChI is InChI=1S/C22H23N3O.C2HF3O2/c1-17-13-20-3-2-4-21(22(20)26-17)16-25-11-9-24(10-12-25)15-19-7-5-18(14-23)6-8-19;3-2(4,5)1(6)7/h2-8,13H,9-12,15-16H2,1H3;(H,6,7). The first-order chi connectivity index (χ1) is 15.7. The lowest BCUT2D eigenvalue weighted by molar-refractivity contribution is -0.192. The fourth-order valence-electron chi connectivity index (χ4n) is 3.67. The van der Waals surface area contributed by atoms with Gasteiger partial charge in [0.05, 0.1) is 11.6 Å². The number of nitriles is 1. The molecule has 2 aromatic carbocycles. The van der Waals surface area contributed by atoms with Crippen molar-refractivity contribution in [1.29, 1.82) is 5.26 Å². The summed E-state index contributed by atoms with van der Waals surface area (Å²) in [6.45, 7) is 8.15. The maximum Gasteiger partial charge on any atom is 0.490 e. The Morgan fingerprint density at radius 1 is 1.06 bits per heavy atom. The highest BCUT2D eigenvalue weighted by Crippen LogP contribution is 2.24. The molecule has 1 aromatic heterocycles. The van der Waals surface area contributed by atoms with Crippen LogP contribution in [-0.2, 0) is 17.9 Å². The molecule has 9 heteroatoms. The summed E-state index contributed by atoms with van der Waals surface area (Å²) in [5, 5.41) is 17.2. The number of para-hydroxylation sites is 1. The first kappa shape index (κ1) is 24.3. The first-order valence-electron chi connectivity index (χ1n) is 10.4. The first-order valence-corrected chi connectivity index (χ1v) is 10.4. The second-order valence-corrected chi connectivity index (χ2v) is 7.86. The summed E-state index contributed by atoms with van der Waals surface area (Å²) >= 11 is 0. The van der Waals surface area contributed by atoms with E-state index in [1.165, 1.54) is 16.5 Å². The minimum Gasteiger partial charge on any atom is -0.475 e. The van der Waals surface area contributed by atoms with Crippen LogP contribution in [0.3, 0.4) is 0 Å². The minimum atomic E-state index is -5.08. The van der Waals surface area contributed by atoms with Crippen LogP contribution in [0.25, 0.3) is 11.0 Å².